The first-order chi connectivity index (χ1) is 8.31. The molecule has 3 unspecified atom stereocenters. The Morgan fingerprint density at radius 2 is 1.94 bits per heavy atom. The molecule has 2 fully saturated rings. The maximum Gasteiger partial charge on any atom is 0.0735 e. The summed E-state index contributed by atoms with van der Waals surface area (Å²) in [4.78, 5) is 0. The van der Waals surface area contributed by atoms with Gasteiger partial charge in [-0.3, -0.25) is 0 Å². The highest BCUT2D eigenvalue weighted by Crippen LogP contribution is 2.29. The lowest BCUT2D eigenvalue weighted by atomic mass is 9.87. The molecule has 3 heteroatoms. The predicted octanol–water partition coefficient (Wildman–Crippen LogP) is 2.35. The Balaban J connectivity index is 1.91. The summed E-state index contributed by atoms with van der Waals surface area (Å²) in [5, 5.41) is 3.72. The fourth-order valence-electron chi connectivity index (χ4n) is 3.09. The molecule has 2 saturated heterocycles. The van der Waals surface area contributed by atoms with Crippen LogP contribution in [-0.2, 0) is 9.47 Å². The molecule has 0 radical (unpaired) electrons. The number of hydrogen-bond acceptors (Lipinski definition) is 3. The van der Waals surface area contributed by atoms with E-state index in [-0.39, 0.29) is 0 Å². The summed E-state index contributed by atoms with van der Waals surface area (Å²) in [6, 6.07) is 0.545. The highest BCUT2D eigenvalue weighted by molar-refractivity contribution is 4.88. The smallest absolute Gasteiger partial charge is 0.0735 e. The number of rotatable bonds is 5. The summed E-state index contributed by atoms with van der Waals surface area (Å²) in [5.41, 5.74) is 0. The lowest BCUT2D eigenvalue weighted by molar-refractivity contribution is -0.0102. The minimum atomic E-state index is 0.430. The molecule has 2 aliphatic heterocycles. The van der Waals surface area contributed by atoms with Crippen molar-refractivity contribution in [3.8, 4) is 0 Å². The standard InChI is InChI=1S/C14H27NO2/c1-3-8-15-14(12-6-9-16-10-7-12)13-5-4-11(2)17-13/h11-15H,3-10H2,1-2H3. The summed E-state index contributed by atoms with van der Waals surface area (Å²) in [6.07, 6.45) is 6.90. The topological polar surface area (TPSA) is 30.5 Å². The van der Waals surface area contributed by atoms with Crippen LogP contribution in [0, 0.1) is 5.92 Å². The molecule has 3 nitrogen and oxygen atoms in total. The molecule has 3 atom stereocenters. The highest BCUT2D eigenvalue weighted by Gasteiger charge is 2.34. The Bertz CT molecular complexity index is 212. The van der Waals surface area contributed by atoms with E-state index in [0.717, 1.165) is 25.7 Å². The van der Waals surface area contributed by atoms with Crippen molar-refractivity contribution in [3.63, 3.8) is 0 Å². The van der Waals surface area contributed by atoms with Gasteiger partial charge in [-0.05, 0) is 51.5 Å². The van der Waals surface area contributed by atoms with Gasteiger partial charge in [0.15, 0.2) is 0 Å². The normalized spacial score (nSPS) is 32.8. The van der Waals surface area contributed by atoms with Gasteiger partial charge in [0.1, 0.15) is 0 Å². The molecule has 0 aromatic rings. The molecular formula is C14H27NO2. The summed E-state index contributed by atoms with van der Waals surface area (Å²) in [6.45, 7) is 7.39. The highest BCUT2D eigenvalue weighted by atomic mass is 16.5. The van der Waals surface area contributed by atoms with Crippen LogP contribution in [0.3, 0.4) is 0 Å². The van der Waals surface area contributed by atoms with Crippen molar-refractivity contribution in [2.75, 3.05) is 19.8 Å². The zero-order valence-corrected chi connectivity index (χ0v) is 11.3. The van der Waals surface area contributed by atoms with E-state index in [4.69, 9.17) is 9.47 Å². The minimum Gasteiger partial charge on any atom is -0.381 e. The Kier molecular flexibility index (Phi) is 5.26. The molecule has 0 aromatic heterocycles. The molecule has 0 spiro atoms. The summed E-state index contributed by atoms with van der Waals surface area (Å²) in [7, 11) is 0. The molecule has 0 saturated carbocycles. The van der Waals surface area contributed by atoms with Crippen molar-refractivity contribution in [1.82, 2.24) is 5.32 Å². The van der Waals surface area contributed by atoms with Crippen molar-refractivity contribution in [1.29, 1.82) is 0 Å². The first-order valence-corrected chi connectivity index (χ1v) is 7.28. The molecule has 0 bridgehead atoms. The van der Waals surface area contributed by atoms with Crippen LogP contribution in [0.2, 0.25) is 0 Å². The molecule has 17 heavy (non-hydrogen) atoms. The third-order valence-electron chi connectivity index (χ3n) is 4.07. The van der Waals surface area contributed by atoms with Gasteiger partial charge in [0.05, 0.1) is 12.2 Å². The maximum atomic E-state index is 6.07. The Labute approximate surface area is 105 Å². The number of ether oxygens (including phenoxy) is 2. The van der Waals surface area contributed by atoms with Crippen LogP contribution < -0.4 is 5.32 Å². The van der Waals surface area contributed by atoms with Crippen LogP contribution in [0.4, 0.5) is 0 Å². The van der Waals surface area contributed by atoms with Gasteiger partial charge in [-0.1, -0.05) is 6.92 Å². The molecule has 2 rings (SSSR count). The molecule has 100 valence electrons. The summed E-state index contributed by atoms with van der Waals surface area (Å²) < 4.78 is 11.5. The van der Waals surface area contributed by atoms with Crippen LogP contribution in [-0.4, -0.2) is 38.0 Å². The van der Waals surface area contributed by atoms with Gasteiger partial charge in [0, 0.05) is 19.3 Å². The number of hydrogen-bond donors (Lipinski definition) is 1. The summed E-state index contributed by atoms with van der Waals surface area (Å²) >= 11 is 0. The average Bonchev–Trinajstić information content (AvgIpc) is 2.78. The van der Waals surface area contributed by atoms with E-state index in [1.807, 2.05) is 0 Å². The average molecular weight is 241 g/mol. The van der Waals surface area contributed by atoms with Gasteiger partial charge in [0.25, 0.3) is 0 Å². The van der Waals surface area contributed by atoms with Crippen molar-refractivity contribution in [2.45, 2.75) is 64.2 Å². The molecule has 0 aliphatic carbocycles. The SMILES string of the molecule is CCCNC(C1CCOCC1)C1CCC(C)O1. The van der Waals surface area contributed by atoms with E-state index in [2.05, 4.69) is 19.2 Å². The van der Waals surface area contributed by atoms with Crippen molar-refractivity contribution < 1.29 is 9.47 Å². The molecule has 2 heterocycles. The zero-order valence-electron chi connectivity index (χ0n) is 11.3. The predicted molar refractivity (Wildman–Crippen MR) is 69.2 cm³/mol. The van der Waals surface area contributed by atoms with Crippen LogP contribution in [0.15, 0.2) is 0 Å². The molecule has 1 N–H and O–H groups in total. The molecule has 0 amide bonds. The number of nitrogens with one attached hydrogen (secondary N) is 1. The Morgan fingerprint density at radius 1 is 1.18 bits per heavy atom. The third-order valence-corrected chi connectivity index (χ3v) is 4.07. The zero-order chi connectivity index (χ0) is 12.1. The molecular weight excluding hydrogens is 214 g/mol. The maximum absolute atomic E-state index is 6.07. The molecule has 0 aromatic carbocycles. The van der Waals surface area contributed by atoms with Crippen LogP contribution in [0.1, 0.15) is 46.0 Å². The van der Waals surface area contributed by atoms with Crippen molar-refractivity contribution in [3.05, 3.63) is 0 Å². The van der Waals surface area contributed by atoms with E-state index in [1.54, 1.807) is 0 Å². The van der Waals surface area contributed by atoms with Gasteiger partial charge in [-0.25, -0.2) is 0 Å². The van der Waals surface area contributed by atoms with Gasteiger partial charge in [-0.2, -0.15) is 0 Å². The van der Waals surface area contributed by atoms with Crippen LogP contribution in [0.5, 0.6) is 0 Å². The van der Waals surface area contributed by atoms with Gasteiger partial charge < -0.3 is 14.8 Å². The lowest BCUT2D eigenvalue weighted by Crippen LogP contribution is -2.47. The first-order valence-electron chi connectivity index (χ1n) is 7.28. The second kappa shape index (κ2) is 6.72. The lowest BCUT2D eigenvalue weighted by Gasteiger charge is -2.34. The van der Waals surface area contributed by atoms with E-state index in [1.165, 1.54) is 32.1 Å². The monoisotopic (exact) mass is 241 g/mol. The van der Waals surface area contributed by atoms with Gasteiger partial charge >= 0.3 is 0 Å². The van der Waals surface area contributed by atoms with E-state index in [0.29, 0.717) is 18.2 Å². The van der Waals surface area contributed by atoms with Gasteiger partial charge in [-0.15, -0.1) is 0 Å². The van der Waals surface area contributed by atoms with Gasteiger partial charge in [0.2, 0.25) is 0 Å². The Morgan fingerprint density at radius 3 is 2.53 bits per heavy atom. The fourth-order valence-corrected chi connectivity index (χ4v) is 3.09. The fraction of sp³-hybridized carbons (Fsp3) is 1.00. The second-order valence-corrected chi connectivity index (χ2v) is 5.49. The van der Waals surface area contributed by atoms with E-state index in [9.17, 15) is 0 Å². The van der Waals surface area contributed by atoms with Crippen LogP contribution in [0.25, 0.3) is 0 Å². The third kappa shape index (κ3) is 3.67. The van der Waals surface area contributed by atoms with E-state index >= 15 is 0 Å². The van der Waals surface area contributed by atoms with E-state index < -0.39 is 0 Å². The minimum absolute atomic E-state index is 0.430. The largest absolute Gasteiger partial charge is 0.381 e. The van der Waals surface area contributed by atoms with Crippen LogP contribution >= 0.6 is 0 Å². The van der Waals surface area contributed by atoms with Crippen molar-refractivity contribution in [2.24, 2.45) is 5.92 Å². The Hall–Kier alpha value is -0.120. The van der Waals surface area contributed by atoms with Crippen molar-refractivity contribution >= 4 is 0 Å². The first kappa shape index (κ1) is 13.3. The quantitative estimate of drug-likeness (QED) is 0.801. The second-order valence-electron chi connectivity index (χ2n) is 5.49. The summed E-state index contributed by atoms with van der Waals surface area (Å²) in [5.74, 6) is 0.741. The molecule has 2 aliphatic rings.